The number of hydrogen-bond acceptors (Lipinski definition) is 5. The second kappa shape index (κ2) is 7.06. The maximum Gasteiger partial charge on any atom is 0.278 e. The van der Waals surface area contributed by atoms with E-state index in [2.05, 4.69) is 10.6 Å². The molecule has 0 aliphatic carbocycles. The molecule has 3 aromatic rings. The molecule has 0 fully saturated rings. The first-order valence-electron chi connectivity index (χ1n) is 7.49. The lowest BCUT2D eigenvalue weighted by molar-refractivity contribution is 0.0538. The van der Waals surface area contributed by atoms with E-state index in [0.717, 1.165) is 11.4 Å². The highest BCUT2D eigenvalue weighted by Gasteiger charge is 2.18. The molecule has 0 aliphatic rings. The Hall–Kier alpha value is -3.32. The van der Waals surface area contributed by atoms with Gasteiger partial charge in [-0.25, -0.2) is 10.2 Å². The third-order valence-electron chi connectivity index (χ3n) is 3.63. The number of carbonyl (C=O) groups excluding carboxylic acids is 1. The monoisotopic (exact) mass is 339 g/mol. The molecule has 0 radical (unpaired) electrons. The standard InChI is InChI=1S/C18H17N3O4/c1-24-15-9-5-13(6-10-15)21-11-16(18(23)20-25-2)17(19-21)12-3-7-14(22)8-4-12/h3-11,22H,1-2H3,(H,20,23). The zero-order valence-corrected chi connectivity index (χ0v) is 13.8. The quantitative estimate of drug-likeness (QED) is 0.698. The Labute approximate surface area is 144 Å². The smallest absolute Gasteiger partial charge is 0.278 e. The number of aromatic nitrogens is 2. The predicted molar refractivity (Wildman–Crippen MR) is 91.7 cm³/mol. The fourth-order valence-corrected chi connectivity index (χ4v) is 2.39. The SMILES string of the molecule is CONC(=O)c1cn(-c2ccc(OC)cc2)nc1-c1ccc(O)cc1. The average molecular weight is 339 g/mol. The van der Waals surface area contributed by atoms with Crippen molar-refractivity contribution in [2.24, 2.45) is 0 Å². The van der Waals surface area contributed by atoms with Crippen LogP contribution in [-0.2, 0) is 4.84 Å². The summed E-state index contributed by atoms with van der Waals surface area (Å²) < 4.78 is 6.75. The maximum absolute atomic E-state index is 12.3. The molecule has 7 heteroatoms. The van der Waals surface area contributed by atoms with Crippen molar-refractivity contribution in [2.75, 3.05) is 14.2 Å². The van der Waals surface area contributed by atoms with Crippen LogP contribution in [0.2, 0.25) is 0 Å². The minimum atomic E-state index is -0.412. The largest absolute Gasteiger partial charge is 0.508 e. The van der Waals surface area contributed by atoms with Crippen LogP contribution in [0.25, 0.3) is 16.9 Å². The number of aromatic hydroxyl groups is 1. The number of phenols is 1. The van der Waals surface area contributed by atoms with Crippen LogP contribution in [0.5, 0.6) is 11.5 Å². The second-order valence-corrected chi connectivity index (χ2v) is 5.22. The zero-order valence-electron chi connectivity index (χ0n) is 13.8. The van der Waals surface area contributed by atoms with Gasteiger partial charge in [-0.2, -0.15) is 5.10 Å². The average Bonchev–Trinajstić information content (AvgIpc) is 3.08. The van der Waals surface area contributed by atoms with Crippen molar-refractivity contribution in [1.82, 2.24) is 15.3 Å². The summed E-state index contributed by atoms with van der Waals surface area (Å²) in [6.45, 7) is 0. The molecule has 7 nitrogen and oxygen atoms in total. The molecule has 1 aromatic heterocycles. The molecule has 1 amide bonds. The van der Waals surface area contributed by atoms with Crippen molar-refractivity contribution in [3.05, 3.63) is 60.3 Å². The summed E-state index contributed by atoms with van der Waals surface area (Å²) in [6, 6.07) is 13.8. The maximum atomic E-state index is 12.3. The van der Waals surface area contributed by atoms with Gasteiger partial charge in [-0.3, -0.25) is 9.63 Å². The van der Waals surface area contributed by atoms with Crippen LogP contribution in [0.4, 0.5) is 0 Å². The first kappa shape index (κ1) is 16.5. The Morgan fingerprint density at radius 2 is 1.76 bits per heavy atom. The highest BCUT2D eigenvalue weighted by molar-refractivity contribution is 5.99. The molecule has 0 unspecified atom stereocenters. The summed E-state index contributed by atoms with van der Waals surface area (Å²) in [5.74, 6) is 0.457. The minimum absolute atomic E-state index is 0.140. The Morgan fingerprint density at radius 1 is 1.08 bits per heavy atom. The summed E-state index contributed by atoms with van der Waals surface area (Å²) >= 11 is 0. The predicted octanol–water partition coefficient (Wildman–Crippen LogP) is 2.54. The molecular formula is C18H17N3O4. The summed E-state index contributed by atoms with van der Waals surface area (Å²) in [4.78, 5) is 17.0. The molecule has 0 aliphatic heterocycles. The molecule has 1 heterocycles. The van der Waals surface area contributed by atoms with Gasteiger partial charge in [-0.05, 0) is 48.5 Å². The van der Waals surface area contributed by atoms with E-state index in [1.165, 1.54) is 7.11 Å². The van der Waals surface area contributed by atoms with Gasteiger partial charge < -0.3 is 9.84 Å². The van der Waals surface area contributed by atoms with Crippen molar-refractivity contribution in [3.8, 4) is 28.4 Å². The van der Waals surface area contributed by atoms with E-state index in [-0.39, 0.29) is 5.75 Å². The summed E-state index contributed by atoms with van der Waals surface area (Å²) in [7, 11) is 2.96. The Balaban J connectivity index is 2.07. The Bertz CT molecular complexity index is 870. The summed E-state index contributed by atoms with van der Waals surface area (Å²) in [5.41, 5.74) is 4.61. The Kier molecular flexibility index (Phi) is 4.67. The molecule has 2 aromatic carbocycles. The molecule has 25 heavy (non-hydrogen) atoms. The zero-order chi connectivity index (χ0) is 17.8. The van der Waals surface area contributed by atoms with Crippen LogP contribution in [0.3, 0.4) is 0 Å². The number of nitrogens with one attached hydrogen (secondary N) is 1. The number of ether oxygens (including phenoxy) is 1. The lowest BCUT2D eigenvalue weighted by Crippen LogP contribution is -2.21. The van der Waals surface area contributed by atoms with Gasteiger partial charge in [-0.1, -0.05) is 0 Å². The molecule has 0 spiro atoms. The van der Waals surface area contributed by atoms with Crippen molar-refractivity contribution in [1.29, 1.82) is 0 Å². The molecule has 0 bridgehead atoms. The number of methoxy groups -OCH3 is 1. The van der Waals surface area contributed by atoms with E-state index in [1.54, 1.807) is 42.3 Å². The normalized spacial score (nSPS) is 10.5. The van der Waals surface area contributed by atoms with Crippen molar-refractivity contribution >= 4 is 5.91 Å². The van der Waals surface area contributed by atoms with Gasteiger partial charge in [0, 0.05) is 11.8 Å². The summed E-state index contributed by atoms with van der Waals surface area (Å²) in [5, 5.41) is 14.0. The number of carbonyl (C=O) groups is 1. The Morgan fingerprint density at radius 3 is 2.36 bits per heavy atom. The van der Waals surface area contributed by atoms with Gasteiger partial charge in [0.05, 0.1) is 25.5 Å². The number of amides is 1. The van der Waals surface area contributed by atoms with Crippen LogP contribution in [0, 0.1) is 0 Å². The number of hydroxylamine groups is 1. The molecule has 0 atom stereocenters. The van der Waals surface area contributed by atoms with E-state index in [1.807, 2.05) is 24.3 Å². The number of phenolic OH excluding ortho intramolecular Hbond substituents is 1. The highest BCUT2D eigenvalue weighted by atomic mass is 16.6. The first-order valence-corrected chi connectivity index (χ1v) is 7.49. The van der Waals surface area contributed by atoms with E-state index < -0.39 is 5.91 Å². The van der Waals surface area contributed by atoms with Crippen molar-refractivity contribution in [3.63, 3.8) is 0 Å². The lowest BCUT2D eigenvalue weighted by atomic mass is 10.1. The van der Waals surface area contributed by atoms with E-state index in [4.69, 9.17) is 9.57 Å². The molecule has 0 saturated carbocycles. The first-order chi connectivity index (χ1) is 12.1. The fourth-order valence-electron chi connectivity index (χ4n) is 2.39. The van der Waals surface area contributed by atoms with Gasteiger partial charge in [-0.15, -0.1) is 0 Å². The van der Waals surface area contributed by atoms with Gasteiger partial charge in [0.2, 0.25) is 0 Å². The van der Waals surface area contributed by atoms with Crippen LogP contribution >= 0.6 is 0 Å². The van der Waals surface area contributed by atoms with E-state index in [0.29, 0.717) is 16.8 Å². The van der Waals surface area contributed by atoms with Gasteiger partial charge in [0.15, 0.2) is 0 Å². The van der Waals surface area contributed by atoms with Crippen molar-refractivity contribution in [2.45, 2.75) is 0 Å². The number of nitrogens with zero attached hydrogens (tertiary/aromatic N) is 2. The third kappa shape index (κ3) is 3.46. The molecular weight excluding hydrogens is 322 g/mol. The molecule has 3 rings (SSSR count). The topological polar surface area (TPSA) is 85.6 Å². The van der Waals surface area contributed by atoms with Crippen molar-refractivity contribution < 1.29 is 19.5 Å². The van der Waals surface area contributed by atoms with Crippen LogP contribution in [0.15, 0.2) is 54.7 Å². The molecule has 2 N–H and O–H groups in total. The van der Waals surface area contributed by atoms with Crippen LogP contribution < -0.4 is 10.2 Å². The number of hydrogen-bond donors (Lipinski definition) is 2. The molecule has 0 saturated heterocycles. The van der Waals surface area contributed by atoms with Gasteiger partial charge in [0.25, 0.3) is 5.91 Å². The number of rotatable bonds is 5. The minimum Gasteiger partial charge on any atom is -0.508 e. The fraction of sp³-hybridized carbons (Fsp3) is 0.111. The van der Waals surface area contributed by atoms with E-state index >= 15 is 0 Å². The van der Waals surface area contributed by atoms with Crippen LogP contribution in [0.1, 0.15) is 10.4 Å². The van der Waals surface area contributed by atoms with Gasteiger partial charge >= 0.3 is 0 Å². The molecule has 128 valence electrons. The van der Waals surface area contributed by atoms with E-state index in [9.17, 15) is 9.90 Å². The summed E-state index contributed by atoms with van der Waals surface area (Å²) in [6.07, 6.45) is 1.62. The second-order valence-electron chi connectivity index (χ2n) is 5.22. The van der Waals surface area contributed by atoms with Crippen LogP contribution in [-0.4, -0.2) is 35.0 Å². The lowest BCUT2D eigenvalue weighted by Gasteiger charge is -2.03. The third-order valence-corrected chi connectivity index (χ3v) is 3.63. The number of benzene rings is 2. The van der Waals surface area contributed by atoms with Gasteiger partial charge in [0.1, 0.15) is 17.2 Å². The highest BCUT2D eigenvalue weighted by Crippen LogP contribution is 2.26.